The minimum atomic E-state index is 0.168. The van der Waals surface area contributed by atoms with Gasteiger partial charge in [0.05, 0.1) is 30.7 Å². The molecule has 1 saturated heterocycles. The van der Waals surface area contributed by atoms with Crippen molar-refractivity contribution in [3.8, 4) is 34.2 Å². The van der Waals surface area contributed by atoms with Gasteiger partial charge in [0.2, 0.25) is 0 Å². The van der Waals surface area contributed by atoms with Crippen LogP contribution in [0.2, 0.25) is 0 Å². The number of aromatic hydroxyl groups is 1. The summed E-state index contributed by atoms with van der Waals surface area (Å²) in [7, 11) is 0. The molecule has 1 aliphatic heterocycles. The first-order chi connectivity index (χ1) is 15.2. The Morgan fingerprint density at radius 1 is 1.03 bits per heavy atom. The van der Waals surface area contributed by atoms with E-state index in [-0.39, 0.29) is 5.75 Å². The second-order valence-electron chi connectivity index (χ2n) is 7.59. The lowest BCUT2D eigenvalue weighted by molar-refractivity contribution is 0.0342. The van der Waals surface area contributed by atoms with E-state index in [1.54, 1.807) is 30.5 Å². The third-order valence-corrected chi connectivity index (χ3v) is 5.60. The number of hydrogen-bond acceptors (Lipinski definition) is 6. The van der Waals surface area contributed by atoms with Crippen molar-refractivity contribution in [3.05, 3.63) is 65.9 Å². The molecule has 0 atom stereocenters. The molecule has 0 radical (unpaired) electrons. The zero-order chi connectivity index (χ0) is 21.2. The molecule has 31 heavy (non-hydrogen) atoms. The Labute approximate surface area is 179 Å². The van der Waals surface area contributed by atoms with Crippen molar-refractivity contribution in [2.45, 2.75) is 6.54 Å². The van der Waals surface area contributed by atoms with E-state index in [1.807, 2.05) is 0 Å². The minimum absolute atomic E-state index is 0.168. The van der Waals surface area contributed by atoms with E-state index in [1.165, 1.54) is 5.56 Å². The number of phenols is 1. The van der Waals surface area contributed by atoms with Crippen LogP contribution in [-0.4, -0.2) is 51.5 Å². The summed E-state index contributed by atoms with van der Waals surface area (Å²) in [5, 5.41) is 27.6. The van der Waals surface area contributed by atoms with E-state index in [0.717, 1.165) is 54.9 Å². The molecule has 0 saturated carbocycles. The average molecular weight is 411 g/mol. The smallest absolute Gasteiger partial charge is 0.156 e. The topological polar surface area (TPSA) is 98.1 Å². The fourth-order valence-corrected chi connectivity index (χ4v) is 4.00. The second-order valence-corrected chi connectivity index (χ2v) is 7.59. The number of phenolic OH excluding ortho intramolecular Hbond substituents is 1. The summed E-state index contributed by atoms with van der Waals surface area (Å²) < 4.78 is 5.43. The van der Waals surface area contributed by atoms with Crippen LogP contribution in [0.25, 0.3) is 33.4 Å². The Balaban J connectivity index is 1.58. The number of aromatic nitrogens is 3. The Morgan fingerprint density at radius 3 is 2.45 bits per heavy atom. The van der Waals surface area contributed by atoms with Gasteiger partial charge in [-0.2, -0.15) is 10.4 Å². The molecule has 0 spiro atoms. The number of H-pyrrole nitrogens is 1. The average Bonchev–Trinajstić information content (AvgIpc) is 3.28. The molecule has 0 bridgehead atoms. The predicted octanol–water partition coefficient (Wildman–Crippen LogP) is 3.70. The zero-order valence-corrected chi connectivity index (χ0v) is 16.9. The largest absolute Gasteiger partial charge is 0.508 e. The van der Waals surface area contributed by atoms with E-state index in [2.05, 4.69) is 50.4 Å². The van der Waals surface area contributed by atoms with Crippen LogP contribution in [-0.2, 0) is 11.3 Å². The maximum Gasteiger partial charge on any atom is 0.156 e. The van der Waals surface area contributed by atoms with E-state index in [9.17, 15) is 10.4 Å². The first-order valence-electron chi connectivity index (χ1n) is 10.2. The Kier molecular flexibility index (Phi) is 5.08. The highest BCUT2D eigenvalue weighted by molar-refractivity contribution is 5.99. The lowest BCUT2D eigenvalue weighted by Crippen LogP contribution is -2.35. The molecule has 7 nitrogen and oxygen atoms in total. The lowest BCUT2D eigenvalue weighted by atomic mass is 9.93. The van der Waals surface area contributed by atoms with E-state index >= 15 is 0 Å². The summed E-state index contributed by atoms with van der Waals surface area (Å²) in [6.07, 6.45) is 1.71. The quantitative estimate of drug-likeness (QED) is 0.531. The third-order valence-electron chi connectivity index (χ3n) is 5.60. The van der Waals surface area contributed by atoms with E-state index < -0.39 is 0 Å². The predicted molar refractivity (Wildman–Crippen MR) is 117 cm³/mol. The van der Waals surface area contributed by atoms with Crippen LogP contribution in [0.1, 0.15) is 11.1 Å². The Bertz CT molecular complexity index is 1250. The molecule has 7 heteroatoms. The van der Waals surface area contributed by atoms with Crippen LogP contribution < -0.4 is 0 Å². The van der Waals surface area contributed by atoms with Gasteiger partial charge in [0, 0.05) is 36.1 Å². The maximum atomic E-state index is 10.1. The number of hydrogen-bond donors (Lipinski definition) is 2. The normalized spacial score (nSPS) is 14.5. The fraction of sp³-hybridized carbons (Fsp3) is 0.208. The molecule has 1 aliphatic rings. The van der Waals surface area contributed by atoms with Gasteiger partial charge in [-0.05, 0) is 35.4 Å². The number of aromatic amines is 1. The molecule has 0 unspecified atom stereocenters. The Morgan fingerprint density at radius 2 is 1.74 bits per heavy atom. The van der Waals surface area contributed by atoms with Crippen molar-refractivity contribution in [1.82, 2.24) is 20.1 Å². The summed E-state index contributed by atoms with van der Waals surface area (Å²) in [6, 6.07) is 17.4. The number of pyridine rings is 1. The monoisotopic (exact) mass is 411 g/mol. The van der Waals surface area contributed by atoms with Crippen LogP contribution in [0.3, 0.4) is 0 Å². The summed E-state index contributed by atoms with van der Waals surface area (Å²) in [5.41, 5.74) is 5.40. The van der Waals surface area contributed by atoms with Gasteiger partial charge in [0.15, 0.2) is 5.65 Å². The van der Waals surface area contributed by atoms with Gasteiger partial charge in [-0.3, -0.25) is 10.00 Å². The van der Waals surface area contributed by atoms with Gasteiger partial charge in [0.25, 0.3) is 0 Å². The number of ether oxygens (including phenoxy) is 1. The summed E-state index contributed by atoms with van der Waals surface area (Å²) in [5.74, 6) is 0.168. The van der Waals surface area contributed by atoms with Crippen LogP contribution in [0.15, 0.2) is 54.7 Å². The summed E-state index contributed by atoms with van der Waals surface area (Å²) in [4.78, 5) is 7.02. The number of nitrogens with one attached hydrogen (secondary N) is 1. The molecule has 1 fully saturated rings. The van der Waals surface area contributed by atoms with Crippen molar-refractivity contribution in [3.63, 3.8) is 0 Å². The van der Waals surface area contributed by atoms with Gasteiger partial charge >= 0.3 is 0 Å². The first kappa shape index (κ1) is 19.2. The molecular weight excluding hydrogens is 390 g/mol. The van der Waals surface area contributed by atoms with E-state index in [4.69, 9.17) is 4.74 Å². The van der Waals surface area contributed by atoms with Crippen molar-refractivity contribution in [2.24, 2.45) is 0 Å². The van der Waals surface area contributed by atoms with Crippen molar-refractivity contribution >= 4 is 11.0 Å². The van der Waals surface area contributed by atoms with Gasteiger partial charge in [-0.1, -0.05) is 24.3 Å². The van der Waals surface area contributed by atoms with Crippen molar-refractivity contribution in [1.29, 1.82) is 5.26 Å². The first-order valence-corrected chi connectivity index (χ1v) is 10.2. The highest BCUT2D eigenvalue weighted by Crippen LogP contribution is 2.36. The standard InChI is InChI=1S/C24H21N5O2/c25-13-20-22(17-3-1-16(2-4-17)15-29-9-11-31-12-10-29)21-14-26-28-24(21)27-23(20)18-5-7-19(30)8-6-18/h1-8,14,30H,9-12,15H2,(H,26,27,28). The van der Waals surface area contributed by atoms with Crippen LogP contribution >= 0.6 is 0 Å². The third kappa shape index (κ3) is 3.75. The number of nitrogens with zero attached hydrogens (tertiary/aromatic N) is 4. The molecule has 4 aromatic rings. The highest BCUT2D eigenvalue weighted by atomic mass is 16.5. The molecule has 0 amide bonds. The SMILES string of the molecule is N#Cc1c(-c2ccc(O)cc2)nc2[nH]ncc2c1-c1ccc(CN2CCOCC2)cc1. The molecule has 2 aromatic heterocycles. The molecule has 0 aliphatic carbocycles. The van der Waals surface area contributed by atoms with Crippen LogP contribution in [0.5, 0.6) is 5.75 Å². The second kappa shape index (κ2) is 8.19. The van der Waals surface area contributed by atoms with Gasteiger partial charge in [-0.25, -0.2) is 4.98 Å². The summed E-state index contributed by atoms with van der Waals surface area (Å²) >= 11 is 0. The van der Waals surface area contributed by atoms with Crippen molar-refractivity contribution in [2.75, 3.05) is 26.3 Å². The molecule has 2 aromatic carbocycles. The van der Waals surface area contributed by atoms with E-state index in [0.29, 0.717) is 16.9 Å². The van der Waals surface area contributed by atoms with Gasteiger partial charge < -0.3 is 9.84 Å². The highest BCUT2D eigenvalue weighted by Gasteiger charge is 2.19. The molecule has 5 rings (SSSR count). The lowest BCUT2D eigenvalue weighted by Gasteiger charge is -2.26. The Hall–Kier alpha value is -3.73. The van der Waals surface area contributed by atoms with Gasteiger partial charge in [-0.15, -0.1) is 0 Å². The number of fused-ring (bicyclic) bond motifs is 1. The molecule has 2 N–H and O–H groups in total. The van der Waals surface area contributed by atoms with Crippen LogP contribution in [0.4, 0.5) is 0 Å². The van der Waals surface area contributed by atoms with Gasteiger partial charge in [0.1, 0.15) is 11.8 Å². The molecular formula is C24H21N5O2. The number of nitriles is 1. The zero-order valence-electron chi connectivity index (χ0n) is 16.9. The fourth-order valence-electron chi connectivity index (χ4n) is 4.00. The molecule has 3 heterocycles. The molecule has 154 valence electrons. The maximum absolute atomic E-state index is 10.1. The minimum Gasteiger partial charge on any atom is -0.508 e. The number of morpholine rings is 1. The van der Waals surface area contributed by atoms with Crippen molar-refractivity contribution < 1.29 is 9.84 Å². The number of rotatable bonds is 4. The summed E-state index contributed by atoms with van der Waals surface area (Å²) in [6.45, 7) is 4.32. The van der Waals surface area contributed by atoms with Crippen LogP contribution in [0, 0.1) is 11.3 Å². The number of benzene rings is 2.